The zero-order chi connectivity index (χ0) is 11.3. The number of nitrogens with zero attached hydrogens (tertiary/aromatic N) is 1. The van der Waals surface area contributed by atoms with Crippen LogP contribution in [0.15, 0.2) is 29.3 Å². The average molecular weight is 201 g/mol. The first kappa shape index (κ1) is 10.4. The Kier molecular flexibility index (Phi) is 2.04. The molecule has 15 heavy (non-hydrogen) atoms. The van der Waals surface area contributed by atoms with E-state index >= 15 is 0 Å². The van der Waals surface area contributed by atoms with E-state index in [0.717, 1.165) is 5.69 Å². The summed E-state index contributed by atoms with van der Waals surface area (Å²) < 4.78 is 0. The van der Waals surface area contributed by atoms with E-state index in [2.05, 4.69) is 63.9 Å². The van der Waals surface area contributed by atoms with Crippen molar-refractivity contribution in [3.05, 3.63) is 29.8 Å². The summed E-state index contributed by atoms with van der Waals surface area (Å²) in [5, 5.41) is 0. The standard InChI is InChI=1S/C14H19N/c1-10-14(5,13(2,3)4)11-8-6-7-9-12(11)15-10/h6-9H,1-5H3. The lowest BCUT2D eigenvalue weighted by Gasteiger charge is -2.40. The van der Waals surface area contributed by atoms with Crippen LogP contribution >= 0.6 is 0 Å². The Morgan fingerprint density at radius 1 is 1.13 bits per heavy atom. The molecule has 1 heteroatoms. The van der Waals surface area contributed by atoms with Crippen LogP contribution in [-0.4, -0.2) is 5.71 Å². The summed E-state index contributed by atoms with van der Waals surface area (Å²) in [5.74, 6) is 0. The van der Waals surface area contributed by atoms with Crippen LogP contribution in [0, 0.1) is 5.41 Å². The van der Waals surface area contributed by atoms with Crippen LogP contribution in [-0.2, 0) is 5.41 Å². The molecule has 1 heterocycles. The Hall–Kier alpha value is -1.11. The van der Waals surface area contributed by atoms with Crippen LogP contribution < -0.4 is 0 Å². The number of hydrogen-bond donors (Lipinski definition) is 0. The third-order valence-electron chi connectivity index (χ3n) is 3.95. The molecule has 0 bridgehead atoms. The third kappa shape index (κ3) is 1.26. The predicted molar refractivity (Wildman–Crippen MR) is 66.0 cm³/mol. The number of aliphatic imine (C=N–C) groups is 1. The van der Waals surface area contributed by atoms with Gasteiger partial charge in [0.25, 0.3) is 0 Å². The molecule has 1 atom stereocenters. The van der Waals surface area contributed by atoms with Gasteiger partial charge in [-0.2, -0.15) is 0 Å². The van der Waals surface area contributed by atoms with Gasteiger partial charge in [0.05, 0.1) is 5.69 Å². The average Bonchev–Trinajstić information content (AvgIpc) is 2.40. The van der Waals surface area contributed by atoms with Crippen molar-refractivity contribution in [3.63, 3.8) is 0 Å². The van der Waals surface area contributed by atoms with Crippen LogP contribution in [0.3, 0.4) is 0 Å². The van der Waals surface area contributed by atoms with Crippen molar-refractivity contribution >= 4 is 11.4 Å². The highest BCUT2D eigenvalue weighted by atomic mass is 14.8. The molecule has 0 radical (unpaired) electrons. The molecule has 80 valence electrons. The summed E-state index contributed by atoms with van der Waals surface area (Å²) in [5.41, 5.74) is 4.02. The van der Waals surface area contributed by atoms with Crippen LogP contribution in [0.2, 0.25) is 0 Å². The second-order valence-corrected chi connectivity index (χ2v) is 5.59. The number of hydrogen-bond acceptors (Lipinski definition) is 1. The normalized spacial score (nSPS) is 25.0. The van der Waals surface area contributed by atoms with Gasteiger partial charge in [-0.25, -0.2) is 0 Å². The Labute approximate surface area is 92.2 Å². The topological polar surface area (TPSA) is 12.4 Å². The highest BCUT2D eigenvalue weighted by molar-refractivity contribution is 6.00. The summed E-state index contributed by atoms with van der Waals surface area (Å²) >= 11 is 0. The first-order chi connectivity index (χ1) is 6.87. The lowest BCUT2D eigenvalue weighted by atomic mass is 9.62. The van der Waals surface area contributed by atoms with Crippen LogP contribution in [0.4, 0.5) is 5.69 Å². The molecule has 0 aromatic heterocycles. The second kappa shape index (κ2) is 2.94. The predicted octanol–water partition coefficient (Wildman–Crippen LogP) is 4.10. The molecule has 1 aliphatic rings. The zero-order valence-corrected chi connectivity index (χ0v) is 10.3. The van der Waals surface area contributed by atoms with Crippen molar-refractivity contribution in [1.29, 1.82) is 0 Å². The number of fused-ring (bicyclic) bond motifs is 1. The van der Waals surface area contributed by atoms with E-state index in [0.29, 0.717) is 0 Å². The zero-order valence-electron chi connectivity index (χ0n) is 10.3. The van der Waals surface area contributed by atoms with Gasteiger partial charge in [-0.15, -0.1) is 0 Å². The van der Waals surface area contributed by atoms with Gasteiger partial charge in [0.15, 0.2) is 0 Å². The van der Waals surface area contributed by atoms with E-state index in [9.17, 15) is 0 Å². The molecule has 1 unspecified atom stereocenters. The highest BCUT2D eigenvalue weighted by Crippen LogP contribution is 2.50. The largest absolute Gasteiger partial charge is 0.257 e. The Morgan fingerprint density at radius 2 is 1.73 bits per heavy atom. The highest BCUT2D eigenvalue weighted by Gasteiger charge is 2.45. The first-order valence-electron chi connectivity index (χ1n) is 5.52. The minimum atomic E-state index is 0.0730. The van der Waals surface area contributed by atoms with Crippen molar-refractivity contribution in [1.82, 2.24) is 0 Å². The molecule has 0 saturated heterocycles. The van der Waals surface area contributed by atoms with Gasteiger partial charge < -0.3 is 0 Å². The first-order valence-corrected chi connectivity index (χ1v) is 5.52. The quantitative estimate of drug-likeness (QED) is 0.599. The summed E-state index contributed by atoms with van der Waals surface area (Å²) in [7, 11) is 0. The van der Waals surface area contributed by atoms with Crippen molar-refractivity contribution < 1.29 is 0 Å². The smallest absolute Gasteiger partial charge is 0.0670 e. The van der Waals surface area contributed by atoms with Gasteiger partial charge in [-0.05, 0) is 30.9 Å². The van der Waals surface area contributed by atoms with Crippen molar-refractivity contribution in [3.8, 4) is 0 Å². The second-order valence-electron chi connectivity index (χ2n) is 5.59. The summed E-state index contributed by atoms with van der Waals surface area (Å²) in [4.78, 5) is 4.69. The molecule has 0 saturated carbocycles. The number of benzene rings is 1. The molecule has 1 aliphatic heterocycles. The van der Waals surface area contributed by atoms with Crippen LogP contribution in [0.5, 0.6) is 0 Å². The SMILES string of the molecule is CC1=Nc2ccccc2C1(C)C(C)(C)C. The van der Waals surface area contributed by atoms with Gasteiger partial charge in [0.2, 0.25) is 0 Å². The molecule has 0 spiro atoms. The number of para-hydroxylation sites is 1. The van der Waals surface area contributed by atoms with E-state index < -0.39 is 0 Å². The van der Waals surface area contributed by atoms with Gasteiger partial charge >= 0.3 is 0 Å². The third-order valence-corrected chi connectivity index (χ3v) is 3.95. The molecule has 0 N–H and O–H groups in total. The molecule has 1 nitrogen and oxygen atoms in total. The Morgan fingerprint density at radius 3 is 2.33 bits per heavy atom. The fourth-order valence-corrected chi connectivity index (χ4v) is 2.43. The summed E-state index contributed by atoms with van der Waals surface area (Å²) in [6.45, 7) is 11.3. The monoisotopic (exact) mass is 201 g/mol. The molecule has 0 amide bonds. The fourth-order valence-electron chi connectivity index (χ4n) is 2.43. The minimum absolute atomic E-state index is 0.0730. The maximum absolute atomic E-state index is 4.69. The minimum Gasteiger partial charge on any atom is -0.257 e. The van der Waals surface area contributed by atoms with Crippen LogP contribution in [0.25, 0.3) is 0 Å². The molecular formula is C14H19N. The number of rotatable bonds is 0. The lowest BCUT2D eigenvalue weighted by Crippen LogP contribution is -2.41. The van der Waals surface area contributed by atoms with E-state index in [4.69, 9.17) is 0 Å². The Bertz CT molecular complexity index is 423. The maximum atomic E-state index is 4.69. The molecule has 1 aromatic rings. The van der Waals surface area contributed by atoms with E-state index in [1.54, 1.807) is 0 Å². The molecule has 0 fully saturated rings. The van der Waals surface area contributed by atoms with E-state index in [-0.39, 0.29) is 10.8 Å². The van der Waals surface area contributed by atoms with E-state index in [1.807, 2.05) is 0 Å². The molecule has 0 aliphatic carbocycles. The van der Waals surface area contributed by atoms with E-state index in [1.165, 1.54) is 11.3 Å². The Balaban J connectivity index is 2.67. The van der Waals surface area contributed by atoms with Gasteiger partial charge in [0, 0.05) is 11.1 Å². The maximum Gasteiger partial charge on any atom is 0.0670 e. The molecular weight excluding hydrogens is 182 g/mol. The lowest BCUT2D eigenvalue weighted by molar-refractivity contribution is 0.283. The van der Waals surface area contributed by atoms with Crippen molar-refractivity contribution in [2.75, 3.05) is 0 Å². The van der Waals surface area contributed by atoms with Gasteiger partial charge in [0.1, 0.15) is 0 Å². The van der Waals surface area contributed by atoms with Gasteiger partial charge in [-0.1, -0.05) is 39.0 Å². The molecule has 2 rings (SSSR count). The summed E-state index contributed by atoms with van der Waals surface area (Å²) in [6.07, 6.45) is 0. The fraction of sp³-hybridized carbons (Fsp3) is 0.500. The van der Waals surface area contributed by atoms with Gasteiger partial charge in [-0.3, -0.25) is 4.99 Å². The summed E-state index contributed by atoms with van der Waals surface area (Å²) in [6, 6.07) is 8.48. The van der Waals surface area contributed by atoms with Crippen molar-refractivity contribution in [2.45, 2.75) is 40.0 Å². The van der Waals surface area contributed by atoms with Crippen molar-refractivity contribution in [2.24, 2.45) is 10.4 Å². The molecule has 1 aromatic carbocycles. The van der Waals surface area contributed by atoms with Crippen LogP contribution in [0.1, 0.15) is 40.2 Å².